The number of fused-ring (bicyclic) bond motifs is 1. The molecule has 0 aromatic heterocycles. The van der Waals surface area contributed by atoms with Crippen molar-refractivity contribution >= 4 is 50.9 Å². The van der Waals surface area contributed by atoms with Crippen LogP contribution in [0.25, 0.3) is 0 Å². The number of hydrogen-bond acceptors (Lipinski definition) is 7. The summed E-state index contributed by atoms with van der Waals surface area (Å²) in [6, 6.07) is 17.0. The summed E-state index contributed by atoms with van der Waals surface area (Å²) in [5.41, 5.74) is 8.52. The molecule has 0 radical (unpaired) electrons. The third kappa shape index (κ3) is 4.69. The molecule has 8 nitrogen and oxygen atoms in total. The number of aromatic hydroxyl groups is 1. The second kappa shape index (κ2) is 9.44. The Bertz CT molecular complexity index is 1330. The molecule has 0 saturated carbocycles. The number of hydrogen-bond donors (Lipinski definition) is 2. The fraction of sp³-hybridized carbons (Fsp3) is 0.0870. The summed E-state index contributed by atoms with van der Waals surface area (Å²) in [5.74, 6) is 0.603. The van der Waals surface area contributed by atoms with Gasteiger partial charge in [-0.1, -0.05) is 18.2 Å². The maximum absolute atomic E-state index is 11.0. The molecule has 1 aliphatic rings. The van der Waals surface area contributed by atoms with E-state index in [9.17, 15) is 20.5 Å². The van der Waals surface area contributed by atoms with Gasteiger partial charge in [-0.25, -0.2) is 0 Å². The zero-order chi connectivity index (χ0) is 23.7. The molecule has 0 fully saturated rings. The Kier molecular flexibility index (Phi) is 6.61. The number of nitro benzene ring substituents is 1. The second-order valence-corrected chi connectivity index (χ2v) is 9.50. The molecule has 1 heterocycles. The summed E-state index contributed by atoms with van der Waals surface area (Å²) in [6.07, 6.45) is 0. The first-order valence-electron chi connectivity index (χ1n) is 9.54. The van der Waals surface area contributed by atoms with Gasteiger partial charge in [0, 0.05) is 23.8 Å². The summed E-state index contributed by atoms with van der Waals surface area (Å²) in [6.45, 7) is 0.169. The lowest BCUT2D eigenvalue weighted by Gasteiger charge is -2.27. The molecule has 33 heavy (non-hydrogen) atoms. The standard InChI is InChI=1S/C23H15I2N3O5/c24-18-7-13(21-16-5-4-15(29)9-20(16)33-23(27)17(21)10-26)8-19(25)22(18)32-11-12-2-1-3-14(6-12)28(30)31/h1-9,21,29H,11,27H2/t21-/m1/s1. The van der Waals surface area contributed by atoms with E-state index in [-0.39, 0.29) is 29.5 Å². The van der Waals surface area contributed by atoms with Gasteiger partial charge in [-0.3, -0.25) is 10.1 Å². The summed E-state index contributed by atoms with van der Waals surface area (Å²) in [5, 5.41) is 30.6. The number of allylic oxidation sites excluding steroid dienone is 1. The summed E-state index contributed by atoms with van der Waals surface area (Å²) in [4.78, 5) is 10.6. The van der Waals surface area contributed by atoms with Gasteiger partial charge in [-0.2, -0.15) is 5.26 Å². The van der Waals surface area contributed by atoms with Crippen molar-refractivity contribution in [2.45, 2.75) is 12.5 Å². The van der Waals surface area contributed by atoms with Gasteiger partial charge < -0.3 is 20.3 Å². The van der Waals surface area contributed by atoms with Gasteiger partial charge >= 0.3 is 0 Å². The maximum atomic E-state index is 11.0. The molecule has 1 atom stereocenters. The average Bonchev–Trinajstić information content (AvgIpc) is 2.77. The van der Waals surface area contributed by atoms with Crippen LogP contribution in [0.5, 0.6) is 17.2 Å². The number of phenols is 1. The van der Waals surface area contributed by atoms with Crippen LogP contribution >= 0.6 is 45.2 Å². The van der Waals surface area contributed by atoms with Crippen LogP contribution in [0.3, 0.4) is 0 Å². The highest BCUT2D eigenvalue weighted by Crippen LogP contribution is 2.45. The first kappa shape index (κ1) is 23.1. The van der Waals surface area contributed by atoms with Crippen molar-refractivity contribution in [2.24, 2.45) is 5.73 Å². The number of non-ortho nitro benzene ring substituents is 1. The van der Waals surface area contributed by atoms with E-state index >= 15 is 0 Å². The van der Waals surface area contributed by atoms with E-state index in [2.05, 4.69) is 51.3 Å². The van der Waals surface area contributed by atoms with Crippen LogP contribution in [-0.4, -0.2) is 10.0 Å². The minimum absolute atomic E-state index is 0.00313. The molecule has 0 saturated heterocycles. The number of ether oxygens (including phenoxy) is 2. The van der Waals surface area contributed by atoms with E-state index in [1.165, 1.54) is 24.3 Å². The number of nitrogens with zero attached hydrogens (tertiary/aromatic N) is 2. The van der Waals surface area contributed by atoms with Crippen molar-refractivity contribution in [3.8, 4) is 23.3 Å². The normalized spacial score (nSPS) is 14.8. The van der Waals surface area contributed by atoms with Crippen molar-refractivity contribution < 1.29 is 19.5 Å². The third-order valence-electron chi connectivity index (χ3n) is 5.06. The molecule has 4 rings (SSSR count). The highest BCUT2D eigenvalue weighted by atomic mass is 127. The van der Waals surface area contributed by atoms with E-state index in [4.69, 9.17) is 15.2 Å². The quantitative estimate of drug-likeness (QED) is 0.214. The molecule has 10 heteroatoms. The van der Waals surface area contributed by atoms with Gasteiger partial charge in [-0.05, 0) is 74.5 Å². The number of phenolic OH excluding ortho intramolecular Hbond substituents is 1. The number of benzene rings is 3. The monoisotopic (exact) mass is 667 g/mol. The van der Waals surface area contributed by atoms with Gasteiger partial charge in [0.25, 0.3) is 5.69 Å². The minimum Gasteiger partial charge on any atom is -0.508 e. The van der Waals surface area contributed by atoms with Crippen molar-refractivity contribution in [2.75, 3.05) is 0 Å². The Morgan fingerprint density at radius 1 is 1.18 bits per heavy atom. The SMILES string of the molecule is N#CC1=C(N)Oc2cc(O)ccc2[C@H]1c1cc(I)c(OCc2cccc([N+](=O)[O-])c2)c(I)c1. The largest absolute Gasteiger partial charge is 0.508 e. The van der Waals surface area contributed by atoms with E-state index < -0.39 is 10.8 Å². The van der Waals surface area contributed by atoms with Gasteiger partial charge in [0.15, 0.2) is 0 Å². The Morgan fingerprint density at radius 2 is 1.91 bits per heavy atom. The van der Waals surface area contributed by atoms with E-state index in [0.29, 0.717) is 17.1 Å². The maximum Gasteiger partial charge on any atom is 0.269 e. The lowest BCUT2D eigenvalue weighted by atomic mass is 9.83. The molecule has 3 N–H and O–H groups in total. The van der Waals surface area contributed by atoms with Gasteiger partial charge in [-0.15, -0.1) is 0 Å². The smallest absolute Gasteiger partial charge is 0.269 e. The predicted octanol–water partition coefficient (Wildman–Crippen LogP) is 5.31. The average molecular weight is 667 g/mol. The van der Waals surface area contributed by atoms with Gasteiger partial charge in [0.05, 0.1) is 18.0 Å². The van der Waals surface area contributed by atoms with Crippen LogP contribution < -0.4 is 15.2 Å². The number of nitro groups is 1. The minimum atomic E-state index is -0.466. The number of nitriles is 1. The molecule has 0 unspecified atom stereocenters. The fourth-order valence-corrected chi connectivity index (χ4v) is 5.71. The molecular formula is C23H15I2N3O5. The number of halogens is 2. The number of rotatable bonds is 5. The van der Waals surface area contributed by atoms with Crippen LogP contribution in [0, 0.1) is 28.6 Å². The lowest BCUT2D eigenvalue weighted by molar-refractivity contribution is -0.384. The Labute approximate surface area is 216 Å². The van der Waals surface area contributed by atoms with Crippen LogP contribution in [0.15, 0.2) is 66.1 Å². The van der Waals surface area contributed by atoms with Crippen LogP contribution in [0.4, 0.5) is 5.69 Å². The van der Waals surface area contributed by atoms with E-state index in [1.54, 1.807) is 18.2 Å². The molecule has 0 aliphatic carbocycles. The molecule has 0 spiro atoms. The second-order valence-electron chi connectivity index (χ2n) is 7.18. The lowest BCUT2D eigenvalue weighted by Crippen LogP contribution is -2.21. The van der Waals surface area contributed by atoms with Crippen LogP contribution in [0.2, 0.25) is 0 Å². The summed E-state index contributed by atoms with van der Waals surface area (Å²) < 4.78 is 13.2. The molecule has 0 bridgehead atoms. The topological polar surface area (TPSA) is 132 Å². The first-order valence-corrected chi connectivity index (χ1v) is 11.7. The summed E-state index contributed by atoms with van der Waals surface area (Å²) in [7, 11) is 0. The number of nitrogens with two attached hydrogens (primary N) is 1. The van der Waals surface area contributed by atoms with Crippen molar-refractivity contribution in [1.82, 2.24) is 0 Å². The Morgan fingerprint density at radius 3 is 2.58 bits per heavy atom. The fourth-order valence-electron chi connectivity index (χ4n) is 3.59. The Hall–Kier alpha value is -3.05. The Balaban J connectivity index is 1.68. The molecule has 166 valence electrons. The highest BCUT2D eigenvalue weighted by Gasteiger charge is 2.31. The zero-order valence-corrected chi connectivity index (χ0v) is 21.1. The molecule has 0 amide bonds. The first-order chi connectivity index (χ1) is 15.8. The summed E-state index contributed by atoms with van der Waals surface area (Å²) >= 11 is 4.32. The van der Waals surface area contributed by atoms with Crippen molar-refractivity contribution in [3.63, 3.8) is 0 Å². The zero-order valence-electron chi connectivity index (χ0n) is 16.8. The van der Waals surface area contributed by atoms with Crippen LogP contribution in [0.1, 0.15) is 22.6 Å². The highest BCUT2D eigenvalue weighted by molar-refractivity contribution is 14.1. The van der Waals surface area contributed by atoms with Gasteiger partial charge in [0.2, 0.25) is 5.88 Å². The van der Waals surface area contributed by atoms with Crippen molar-refractivity contribution in [3.05, 3.63) is 100.0 Å². The van der Waals surface area contributed by atoms with E-state index in [1.807, 2.05) is 12.1 Å². The molecular weight excluding hydrogens is 652 g/mol. The van der Waals surface area contributed by atoms with E-state index in [0.717, 1.165) is 18.3 Å². The third-order valence-corrected chi connectivity index (χ3v) is 6.66. The van der Waals surface area contributed by atoms with Gasteiger partial charge in [0.1, 0.15) is 35.5 Å². The molecule has 3 aromatic rings. The molecule has 3 aromatic carbocycles. The molecule has 1 aliphatic heterocycles. The van der Waals surface area contributed by atoms with Crippen molar-refractivity contribution in [1.29, 1.82) is 5.26 Å². The van der Waals surface area contributed by atoms with Crippen LogP contribution in [-0.2, 0) is 6.61 Å². The predicted molar refractivity (Wildman–Crippen MR) is 137 cm³/mol.